The third-order valence-electron chi connectivity index (χ3n) is 2.76. The van der Waals surface area contributed by atoms with Gasteiger partial charge in [0, 0.05) is 5.69 Å². The van der Waals surface area contributed by atoms with Crippen molar-refractivity contribution in [2.45, 2.75) is 6.61 Å². The maximum absolute atomic E-state index is 11.8. The SMILES string of the molecule is Nc1cc(NC(=O)COc2ccc(CO)cc2)ccc1Cl. The van der Waals surface area contributed by atoms with Crippen LogP contribution in [0.15, 0.2) is 42.5 Å². The summed E-state index contributed by atoms with van der Waals surface area (Å²) in [7, 11) is 0. The molecule has 0 spiro atoms. The Morgan fingerprint density at radius 2 is 1.95 bits per heavy atom. The van der Waals surface area contributed by atoms with Gasteiger partial charge in [0.15, 0.2) is 6.61 Å². The van der Waals surface area contributed by atoms with Gasteiger partial charge in [-0.25, -0.2) is 0 Å². The van der Waals surface area contributed by atoms with Crippen LogP contribution in [0.3, 0.4) is 0 Å². The number of halogens is 1. The minimum atomic E-state index is -0.303. The quantitative estimate of drug-likeness (QED) is 0.741. The number of rotatable bonds is 5. The monoisotopic (exact) mass is 306 g/mol. The zero-order valence-electron chi connectivity index (χ0n) is 11.2. The lowest BCUT2D eigenvalue weighted by Gasteiger charge is -2.09. The molecule has 0 aromatic heterocycles. The molecule has 0 aliphatic rings. The molecule has 5 nitrogen and oxygen atoms in total. The van der Waals surface area contributed by atoms with Crippen LogP contribution in [0.1, 0.15) is 5.56 Å². The summed E-state index contributed by atoms with van der Waals surface area (Å²) in [5.74, 6) is 0.251. The molecule has 0 atom stereocenters. The number of carbonyl (C=O) groups is 1. The first kappa shape index (κ1) is 15.2. The summed E-state index contributed by atoms with van der Waals surface area (Å²) >= 11 is 5.80. The van der Waals surface area contributed by atoms with E-state index in [1.54, 1.807) is 42.5 Å². The van der Waals surface area contributed by atoms with Crippen LogP contribution in [-0.2, 0) is 11.4 Å². The highest BCUT2D eigenvalue weighted by atomic mass is 35.5. The molecule has 0 aliphatic carbocycles. The molecule has 0 fully saturated rings. The van der Waals surface area contributed by atoms with Gasteiger partial charge in [0.05, 0.1) is 17.3 Å². The average molecular weight is 307 g/mol. The number of anilines is 2. The first-order chi connectivity index (χ1) is 10.1. The van der Waals surface area contributed by atoms with Crippen molar-refractivity contribution in [1.82, 2.24) is 0 Å². The van der Waals surface area contributed by atoms with E-state index in [1.165, 1.54) is 0 Å². The number of benzene rings is 2. The molecule has 2 rings (SSSR count). The van der Waals surface area contributed by atoms with Gasteiger partial charge in [-0.05, 0) is 35.9 Å². The Morgan fingerprint density at radius 1 is 1.24 bits per heavy atom. The Morgan fingerprint density at radius 3 is 2.57 bits per heavy atom. The maximum atomic E-state index is 11.8. The zero-order valence-corrected chi connectivity index (χ0v) is 11.9. The molecule has 21 heavy (non-hydrogen) atoms. The number of amides is 1. The largest absolute Gasteiger partial charge is 0.484 e. The second-order valence-electron chi connectivity index (χ2n) is 4.38. The molecule has 0 radical (unpaired) electrons. The third-order valence-corrected chi connectivity index (χ3v) is 3.10. The van der Waals surface area contributed by atoms with Gasteiger partial charge in [-0.3, -0.25) is 4.79 Å². The summed E-state index contributed by atoms with van der Waals surface area (Å²) in [6, 6.07) is 11.7. The second-order valence-corrected chi connectivity index (χ2v) is 4.78. The van der Waals surface area contributed by atoms with Crippen molar-refractivity contribution in [3.8, 4) is 5.75 Å². The number of aliphatic hydroxyl groups is 1. The Hall–Kier alpha value is -2.24. The number of nitrogens with two attached hydrogens (primary N) is 1. The second kappa shape index (κ2) is 6.97. The number of ether oxygens (including phenoxy) is 1. The number of carbonyl (C=O) groups excluding carboxylic acids is 1. The molecular formula is C15H15ClN2O3. The Kier molecular flexibility index (Phi) is 5.03. The average Bonchev–Trinajstić information content (AvgIpc) is 2.49. The van der Waals surface area contributed by atoms with E-state index in [4.69, 9.17) is 27.2 Å². The first-order valence-electron chi connectivity index (χ1n) is 6.26. The van der Waals surface area contributed by atoms with Gasteiger partial charge in [0.25, 0.3) is 5.91 Å². The molecule has 1 amide bonds. The van der Waals surface area contributed by atoms with Crippen LogP contribution >= 0.6 is 11.6 Å². The molecule has 0 unspecified atom stereocenters. The zero-order chi connectivity index (χ0) is 15.2. The van der Waals surface area contributed by atoms with Crippen LogP contribution < -0.4 is 15.8 Å². The molecule has 110 valence electrons. The summed E-state index contributed by atoms with van der Waals surface area (Å²) < 4.78 is 5.34. The van der Waals surface area contributed by atoms with Crippen LogP contribution in [0.5, 0.6) is 5.75 Å². The molecule has 2 aromatic rings. The van der Waals surface area contributed by atoms with Crippen molar-refractivity contribution in [3.05, 3.63) is 53.1 Å². The van der Waals surface area contributed by atoms with Gasteiger partial charge in [-0.15, -0.1) is 0 Å². The number of hydrogen-bond donors (Lipinski definition) is 3. The minimum absolute atomic E-state index is 0.0290. The number of aliphatic hydroxyl groups excluding tert-OH is 1. The van der Waals surface area contributed by atoms with Crippen molar-refractivity contribution in [3.63, 3.8) is 0 Å². The van der Waals surface area contributed by atoms with Crippen molar-refractivity contribution >= 4 is 28.9 Å². The number of hydrogen-bond acceptors (Lipinski definition) is 4. The molecule has 0 bridgehead atoms. The van der Waals surface area contributed by atoms with E-state index in [0.717, 1.165) is 5.56 Å². The van der Waals surface area contributed by atoms with E-state index >= 15 is 0 Å². The molecule has 2 aromatic carbocycles. The smallest absolute Gasteiger partial charge is 0.262 e. The molecule has 0 saturated carbocycles. The van der Waals surface area contributed by atoms with Crippen molar-refractivity contribution < 1.29 is 14.6 Å². The Balaban J connectivity index is 1.87. The predicted octanol–water partition coefficient (Wildman–Crippen LogP) is 2.43. The summed E-state index contributed by atoms with van der Waals surface area (Å²) in [6.07, 6.45) is 0. The van der Waals surface area contributed by atoms with Crippen LogP contribution in [0.25, 0.3) is 0 Å². The van der Waals surface area contributed by atoms with Gasteiger partial charge in [-0.1, -0.05) is 23.7 Å². The highest BCUT2D eigenvalue weighted by molar-refractivity contribution is 6.33. The summed E-state index contributed by atoms with van der Waals surface area (Å²) in [5, 5.41) is 12.0. The van der Waals surface area contributed by atoms with Crippen LogP contribution in [0, 0.1) is 0 Å². The van der Waals surface area contributed by atoms with Crippen molar-refractivity contribution in [2.24, 2.45) is 0 Å². The molecule has 0 heterocycles. The molecule has 4 N–H and O–H groups in total. The number of nitrogens with one attached hydrogen (secondary N) is 1. The van der Waals surface area contributed by atoms with Gasteiger partial charge >= 0.3 is 0 Å². The van der Waals surface area contributed by atoms with E-state index in [1.807, 2.05) is 0 Å². The van der Waals surface area contributed by atoms with Crippen LogP contribution in [-0.4, -0.2) is 17.6 Å². The number of nitrogen functional groups attached to an aromatic ring is 1. The lowest BCUT2D eigenvalue weighted by Crippen LogP contribution is -2.20. The highest BCUT2D eigenvalue weighted by Crippen LogP contribution is 2.22. The van der Waals surface area contributed by atoms with E-state index in [2.05, 4.69) is 5.32 Å². The molecule has 0 aliphatic heterocycles. The van der Waals surface area contributed by atoms with Gasteiger partial charge in [0.1, 0.15) is 5.75 Å². The summed E-state index contributed by atoms with van der Waals surface area (Å²) in [5.41, 5.74) is 7.39. The van der Waals surface area contributed by atoms with Crippen LogP contribution in [0.2, 0.25) is 5.02 Å². The van der Waals surface area contributed by atoms with Crippen molar-refractivity contribution in [2.75, 3.05) is 17.7 Å². The fourth-order valence-electron chi connectivity index (χ4n) is 1.66. The standard InChI is InChI=1S/C15H15ClN2O3/c16-13-6-3-11(7-14(13)17)18-15(20)9-21-12-4-1-10(8-19)2-5-12/h1-7,19H,8-9,17H2,(H,18,20). The van der Waals surface area contributed by atoms with Gasteiger partial charge in [0.2, 0.25) is 0 Å². The van der Waals surface area contributed by atoms with E-state index < -0.39 is 0 Å². The van der Waals surface area contributed by atoms with E-state index in [0.29, 0.717) is 22.1 Å². The minimum Gasteiger partial charge on any atom is -0.484 e. The summed E-state index contributed by atoms with van der Waals surface area (Å²) in [4.78, 5) is 11.8. The lowest BCUT2D eigenvalue weighted by atomic mass is 10.2. The molecule has 0 saturated heterocycles. The highest BCUT2D eigenvalue weighted by Gasteiger charge is 2.05. The van der Waals surface area contributed by atoms with Crippen molar-refractivity contribution in [1.29, 1.82) is 0 Å². The van der Waals surface area contributed by atoms with Gasteiger partial charge in [-0.2, -0.15) is 0 Å². The Labute approximate surface area is 127 Å². The fraction of sp³-hybridized carbons (Fsp3) is 0.133. The normalized spacial score (nSPS) is 10.2. The molecular weight excluding hydrogens is 292 g/mol. The fourth-order valence-corrected chi connectivity index (χ4v) is 1.78. The van der Waals surface area contributed by atoms with Crippen LogP contribution in [0.4, 0.5) is 11.4 Å². The first-order valence-corrected chi connectivity index (χ1v) is 6.64. The predicted molar refractivity (Wildman–Crippen MR) is 82.4 cm³/mol. The maximum Gasteiger partial charge on any atom is 0.262 e. The lowest BCUT2D eigenvalue weighted by molar-refractivity contribution is -0.118. The molecule has 6 heteroatoms. The van der Waals surface area contributed by atoms with E-state index in [9.17, 15) is 4.79 Å². The van der Waals surface area contributed by atoms with Gasteiger partial charge < -0.3 is 20.9 Å². The summed E-state index contributed by atoms with van der Waals surface area (Å²) in [6.45, 7) is -0.153. The Bertz CT molecular complexity index is 629. The van der Waals surface area contributed by atoms with E-state index in [-0.39, 0.29) is 19.1 Å². The third kappa shape index (κ3) is 4.37. The topological polar surface area (TPSA) is 84.6 Å².